The first-order chi connectivity index (χ1) is 8.70. The van der Waals surface area contributed by atoms with Crippen LogP contribution in [-0.4, -0.2) is 11.0 Å². The van der Waals surface area contributed by atoms with Gasteiger partial charge in [-0.25, -0.2) is 0 Å². The van der Waals surface area contributed by atoms with E-state index in [1.54, 1.807) is 18.2 Å². The standard InChI is InChI=1S/C14H20N2O2/c1-2-11-6-5-7-12(10-11)15-13-8-3-4-9-14(13)16(17)18/h3-4,8-9,11-12,15H,2,5-7,10H2,1H3. The fraction of sp³-hybridized carbons (Fsp3) is 0.571. The average Bonchev–Trinajstić information content (AvgIpc) is 2.39. The van der Waals surface area contributed by atoms with E-state index in [0.717, 1.165) is 18.8 Å². The van der Waals surface area contributed by atoms with Gasteiger partial charge in [-0.15, -0.1) is 0 Å². The molecule has 2 rings (SSSR count). The summed E-state index contributed by atoms with van der Waals surface area (Å²) < 4.78 is 0. The Labute approximate surface area is 108 Å². The first kappa shape index (κ1) is 12.9. The fourth-order valence-electron chi connectivity index (χ4n) is 2.77. The fourth-order valence-corrected chi connectivity index (χ4v) is 2.77. The Hall–Kier alpha value is -1.58. The van der Waals surface area contributed by atoms with Crippen molar-refractivity contribution in [1.29, 1.82) is 0 Å². The third-order valence-electron chi connectivity index (χ3n) is 3.82. The molecule has 4 heteroatoms. The zero-order valence-electron chi connectivity index (χ0n) is 10.8. The van der Waals surface area contributed by atoms with E-state index < -0.39 is 0 Å². The van der Waals surface area contributed by atoms with E-state index in [0.29, 0.717) is 11.7 Å². The molecule has 1 saturated carbocycles. The van der Waals surface area contributed by atoms with Gasteiger partial charge in [-0.05, 0) is 24.8 Å². The smallest absolute Gasteiger partial charge is 0.292 e. The lowest BCUT2D eigenvalue weighted by Gasteiger charge is -2.29. The van der Waals surface area contributed by atoms with Gasteiger partial charge in [-0.1, -0.05) is 38.3 Å². The Morgan fingerprint density at radius 1 is 1.39 bits per heavy atom. The first-order valence-electron chi connectivity index (χ1n) is 6.70. The van der Waals surface area contributed by atoms with Crippen LogP contribution in [0, 0.1) is 16.0 Å². The number of para-hydroxylation sites is 2. The van der Waals surface area contributed by atoms with Crippen LogP contribution >= 0.6 is 0 Å². The molecule has 1 aromatic rings. The molecule has 98 valence electrons. The lowest BCUT2D eigenvalue weighted by atomic mass is 9.84. The number of nitrogens with one attached hydrogen (secondary N) is 1. The van der Waals surface area contributed by atoms with E-state index in [4.69, 9.17) is 0 Å². The summed E-state index contributed by atoms with van der Waals surface area (Å²) in [4.78, 5) is 10.6. The lowest BCUT2D eigenvalue weighted by Crippen LogP contribution is -2.27. The van der Waals surface area contributed by atoms with Crippen LogP contribution in [-0.2, 0) is 0 Å². The number of benzene rings is 1. The third kappa shape index (κ3) is 3.00. The zero-order valence-corrected chi connectivity index (χ0v) is 10.8. The molecule has 2 atom stereocenters. The molecule has 0 amide bonds. The van der Waals surface area contributed by atoms with Gasteiger partial charge in [0.05, 0.1) is 4.92 Å². The molecule has 0 aromatic heterocycles. The van der Waals surface area contributed by atoms with Crippen molar-refractivity contribution in [2.24, 2.45) is 5.92 Å². The highest BCUT2D eigenvalue weighted by Crippen LogP contribution is 2.31. The zero-order chi connectivity index (χ0) is 13.0. The minimum Gasteiger partial charge on any atom is -0.377 e. The van der Waals surface area contributed by atoms with Gasteiger partial charge in [0.25, 0.3) is 5.69 Å². The lowest BCUT2D eigenvalue weighted by molar-refractivity contribution is -0.384. The predicted molar refractivity (Wildman–Crippen MR) is 72.8 cm³/mol. The molecule has 18 heavy (non-hydrogen) atoms. The summed E-state index contributed by atoms with van der Waals surface area (Å²) in [6, 6.07) is 7.29. The highest BCUT2D eigenvalue weighted by atomic mass is 16.6. The van der Waals surface area contributed by atoms with Gasteiger partial charge in [-0.2, -0.15) is 0 Å². The average molecular weight is 248 g/mol. The number of nitro groups is 1. The minimum absolute atomic E-state index is 0.177. The van der Waals surface area contributed by atoms with Gasteiger partial charge >= 0.3 is 0 Å². The molecule has 0 radical (unpaired) electrons. The van der Waals surface area contributed by atoms with Gasteiger partial charge in [-0.3, -0.25) is 10.1 Å². The highest BCUT2D eigenvalue weighted by molar-refractivity contribution is 5.61. The van der Waals surface area contributed by atoms with Crippen LogP contribution in [0.5, 0.6) is 0 Å². The van der Waals surface area contributed by atoms with Crippen LogP contribution < -0.4 is 5.32 Å². The SMILES string of the molecule is CCC1CCCC(Nc2ccccc2[N+](=O)[O-])C1. The van der Waals surface area contributed by atoms with Crippen LogP contribution in [0.1, 0.15) is 39.0 Å². The molecular formula is C14H20N2O2. The number of nitro benzene ring substituents is 1. The maximum atomic E-state index is 10.9. The van der Waals surface area contributed by atoms with Crippen LogP contribution in [0.2, 0.25) is 0 Å². The normalized spacial score (nSPS) is 23.6. The van der Waals surface area contributed by atoms with Gasteiger partial charge < -0.3 is 5.32 Å². The van der Waals surface area contributed by atoms with E-state index in [1.807, 2.05) is 6.07 Å². The van der Waals surface area contributed by atoms with Crippen molar-refractivity contribution < 1.29 is 4.92 Å². The van der Waals surface area contributed by atoms with Crippen LogP contribution in [0.25, 0.3) is 0 Å². The molecular weight excluding hydrogens is 228 g/mol. The van der Waals surface area contributed by atoms with Gasteiger partial charge in [0.1, 0.15) is 5.69 Å². The molecule has 0 aliphatic heterocycles. The Morgan fingerprint density at radius 3 is 2.89 bits per heavy atom. The monoisotopic (exact) mass is 248 g/mol. The van der Waals surface area contributed by atoms with E-state index in [2.05, 4.69) is 12.2 Å². The molecule has 1 aliphatic rings. The number of anilines is 1. The molecule has 0 spiro atoms. The molecule has 1 aliphatic carbocycles. The van der Waals surface area contributed by atoms with Gasteiger partial charge in [0, 0.05) is 12.1 Å². The van der Waals surface area contributed by atoms with Crippen molar-refractivity contribution in [2.45, 2.75) is 45.1 Å². The van der Waals surface area contributed by atoms with E-state index >= 15 is 0 Å². The van der Waals surface area contributed by atoms with E-state index in [1.165, 1.54) is 19.3 Å². The summed E-state index contributed by atoms with van der Waals surface area (Å²) in [5, 5.41) is 14.3. The molecule has 4 nitrogen and oxygen atoms in total. The van der Waals surface area contributed by atoms with Crippen molar-refractivity contribution in [3.05, 3.63) is 34.4 Å². The predicted octanol–water partition coefficient (Wildman–Crippen LogP) is 3.98. The molecule has 1 aromatic carbocycles. The second kappa shape index (κ2) is 5.85. The molecule has 0 bridgehead atoms. The van der Waals surface area contributed by atoms with Crippen molar-refractivity contribution in [2.75, 3.05) is 5.32 Å². The molecule has 0 heterocycles. The Balaban J connectivity index is 2.07. The molecule has 0 saturated heterocycles. The highest BCUT2D eigenvalue weighted by Gasteiger charge is 2.22. The first-order valence-corrected chi connectivity index (χ1v) is 6.70. The summed E-state index contributed by atoms with van der Waals surface area (Å²) in [5.41, 5.74) is 0.834. The van der Waals surface area contributed by atoms with Crippen LogP contribution in [0.3, 0.4) is 0 Å². The van der Waals surface area contributed by atoms with Crippen molar-refractivity contribution in [1.82, 2.24) is 0 Å². The van der Waals surface area contributed by atoms with Crippen LogP contribution in [0.4, 0.5) is 11.4 Å². The number of hydrogen-bond acceptors (Lipinski definition) is 3. The summed E-state index contributed by atoms with van der Waals surface area (Å²) in [7, 11) is 0. The van der Waals surface area contributed by atoms with Crippen molar-refractivity contribution in [3.8, 4) is 0 Å². The van der Waals surface area contributed by atoms with Crippen LogP contribution in [0.15, 0.2) is 24.3 Å². The molecule has 1 N–H and O–H groups in total. The summed E-state index contributed by atoms with van der Waals surface area (Å²) in [6.45, 7) is 2.22. The molecule has 1 fully saturated rings. The number of rotatable bonds is 4. The summed E-state index contributed by atoms with van der Waals surface area (Å²) in [6.07, 6.45) is 5.96. The minimum atomic E-state index is -0.317. The van der Waals surface area contributed by atoms with E-state index in [9.17, 15) is 10.1 Å². The third-order valence-corrected chi connectivity index (χ3v) is 3.82. The Kier molecular flexibility index (Phi) is 4.18. The van der Waals surface area contributed by atoms with Crippen molar-refractivity contribution >= 4 is 11.4 Å². The second-order valence-corrected chi connectivity index (χ2v) is 5.06. The quantitative estimate of drug-likeness (QED) is 0.647. The van der Waals surface area contributed by atoms with Gasteiger partial charge in [0.2, 0.25) is 0 Å². The largest absolute Gasteiger partial charge is 0.377 e. The second-order valence-electron chi connectivity index (χ2n) is 5.06. The number of hydrogen-bond donors (Lipinski definition) is 1. The maximum absolute atomic E-state index is 10.9. The Bertz CT molecular complexity index is 420. The van der Waals surface area contributed by atoms with Gasteiger partial charge in [0.15, 0.2) is 0 Å². The maximum Gasteiger partial charge on any atom is 0.292 e. The van der Waals surface area contributed by atoms with Crippen molar-refractivity contribution in [3.63, 3.8) is 0 Å². The Morgan fingerprint density at radius 2 is 2.17 bits per heavy atom. The number of nitrogens with zero attached hydrogens (tertiary/aromatic N) is 1. The summed E-state index contributed by atoms with van der Waals surface area (Å²) >= 11 is 0. The summed E-state index contributed by atoms with van der Waals surface area (Å²) in [5.74, 6) is 0.763. The topological polar surface area (TPSA) is 55.2 Å². The van der Waals surface area contributed by atoms with E-state index in [-0.39, 0.29) is 10.6 Å². The molecule has 2 unspecified atom stereocenters.